The first kappa shape index (κ1) is 63.0. The summed E-state index contributed by atoms with van der Waals surface area (Å²) in [5.74, 6) is -0.806. The van der Waals surface area contributed by atoms with Crippen molar-refractivity contribution < 1.29 is 37.6 Å². The lowest BCUT2D eigenvalue weighted by atomic mass is 10.0. The van der Waals surface area contributed by atoms with Crippen LogP contribution in [0.3, 0.4) is 0 Å². The van der Waals surface area contributed by atoms with Gasteiger partial charge in [-0.1, -0.05) is 277 Å². The second-order valence-corrected chi connectivity index (χ2v) is 20.6. The van der Waals surface area contributed by atoms with E-state index < -0.39 is 26.5 Å². The maximum absolute atomic E-state index is 12.7. The Balaban J connectivity index is 3.85. The van der Waals surface area contributed by atoms with Gasteiger partial charge in [0.05, 0.1) is 13.2 Å². The number of carbonyl (C=O) groups excluding carboxylic acids is 2. The summed E-state index contributed by atoms with van der Waals surface area (Å²) < 4.78 is 33.0. The third-order valence-electron chi connectivity index (χ3n) is 12.7. The molecule has 2 unspecified atom stereocenters. The molecule has 0 heterocycles. The summed E-state index contributed by atoms with van der Waals surface area (Å²) in [6.07, 6.45) is 56.0. The van der Waals surface area contributed by atoms with E-state index in [2.05, 4.69) is 13.8 Å². The number of phosphoric acid groups is 1. The molecule has 3 N–H and O–H groups in total. The Hall–Kier alpha value is -0.990. The molecule has 0 aliphatic heterocycles. The molecule has 0 aliphatic rings. The number of esters is 2. The van der Waals surface area contributed by atoms with E-state index in [1.54, 1.807) is 0 Å². The molecule has 64 heavy (non-hydrogen) atoms. The summed E-state index contributed by atoms with van der Waals surface area (Å²) in [4.78, 5) is 35.1. The molecular weight excluding hydrogens is 822 g/mol. The lowest BCUT2D eigenvalue weighted by Crippen LogP contribution is -2.29. The van der Waals surface area contributed by atoms with E-state index in [4.69, 9.17) is 24.3 Å². The molecule has 10 heteroatoms. The van der Waals surface area contributed by atoms with E-state index in [-0.39, 0.29) is 38.6 Å². The molecule has 0 amide bonds. The first-order valence-corrected chi connectivity index (χ1v) is 29.5. The lowest BCUT2D eigenvalue weighted by molar-refractivity contribution is -0.161. The maximum atomic E-state index is 12.7. The van der Waals surface area contributed by atoms with E-state index in [0.29, 0.717) is 6.42 Å². The highest BCUT2D eigenvalue weighted by Crippen LogP contribution is 2.43. The molecular formula is C54H108NO8P. The van der Waals surface area contributed by atoms with E-state index in [1.807, 2.05) is 0 Å². The van der Waals surface area contributed by atoms with Crippen LogP contribution in [0.5, 0.6) is 0 Å². The fourth-order valence-electron chi connectivity index (χ4n) is 8.58. The first-order valence-electron chi connectivity index (χ1n) is 28.0. The second kappa shape index (κ2) is 51.4. The third kappa shape index (κ3) is 50.4. The van der Waals surface area contributed by atoms with Crippen LogP contribution in [0.25, 0.3) is 0 Å². The summed E-state index contributed by atoms with van der Waals surface area (Å²) in [5, 5.41) is 0. The van der Waals surface area contributed by atoms with Crippen LogP contribution < -0.4 is 5.73 Å². The minimum atomic E-state index is -4.37. The quantitative estimate of drug-likeness (QED) is 0.0347. The molecule has 0 saturated carbocycles. The van der Waals surface area contributed by atoms with Gasteiger partial charge in [-0.2, -0.15) is 0 Å². The SMILES string of the molecule is CCCCCCCCCCCCCCCCCCCCCCCCCCCCCCCC(=O)OC(COC(=O)CCCCCCCCCCCCCCCC)COP(=O)(O)OCCN. The van der Waals surface area contributed by atoms with Gasteiger partial charge in [-0.25, -0.2) is 4.57 Å². The number of hydrogen-bond acceptors (Lipinski definition) is 8. The molecule has 0 radical (unpaired) electrons. The highest BCUT2D eigenvalue weighted by Gasteiger charge is 2.26. The summed E-state index contributed by atoms with van der Waals surface area (Å²) >= 11 is 0. The summed E-state index contributed by atoms with van der Waals surface area (Å²) in [6.45, 7) is 3.81. The van der Waals surface area contributed by atoms with E-state index in [1.165, 1.54) is 238 Å². The monoisotopic (exact) mass is 930 g/mol. The Kier molecular flexibility index (Phi) is 50.6. The van der Waals surface area contributed by atoms with Crippen molar-refractivity contribution >= 4 is 19.8 Å². The fourth-order valence-corrected chi connectivity index (χ4v) is 9.35. The van der Waals surface area contributed by atoms with Gasteiger partial charge in [0.1, 0.15) is 6.61 Å². The molecule has 0 fully saturated rings. The van der Waals surface area contributed by atoms with Crippen LogP contribution in [-0.2, 0) is 32.7 Å². The lowest BCUT2D eigenvalue weighted by Gasteiger charge is -2.19. The third-order valence-corrected chi connectivity index (χ3v) is 13.7. The highest BCUT2D eigenvalue weighted by molar-refractivity contribution is 7.47. The summed E-state index contributed by atoms with van der Waals surface area (Å²) in [5.41, 5.74) is 5.37. The molecule has 0 saturated heterocycles. The Morgan fingerprint density at radius 2 is 0.672 bits per heavy atom. The van der Waals surface area contributed by atoms with Gasteiger partial charge in [0.15, 0.2) is 6.10 Å². The number of phosphoric ester groups is 1. The van der Waals surface area contributed by atoms with Crippen molar-refractivity contribution in [3.63, 3.8) is 0 Å². The van der Waals surface area contributed by atoms with Gasteiger partial charge >= 0.3 is 19.8 Å². The highest BCUT2D eigenvalue weighted by atomic mass is 31.2. The smallest absolute Gasteiger partial charge is 0.462 e. The zero-order valence-electron chi connectivity index (χ0n) is 42.6. The van der Waals surface area contributed by atoms with Crippen LogP contribution >= 0.6 is 7.82 Å². The fraction of sp³-hybridized carbons (Fsp3) is 0.963. The van der Waals surface area contributed by atoms with Crippen LogP contribution in [0.4, 0.5) is 0 Å². The van der Waals surface area contributed by atoms with Crippen LogP contribution in [0.1, 0.15) is 303 Å². The number of unbranched alkanes of at least 4 members (excludes halogenated alkanes) is 41. The Morgan fingerprint density at radius 1 is 0.406 bits per heavy atom. The van der Waals surface area contributed by atoms with Gasteiger partial charge in [0.2, 0.25) is 0 Å². The molecule has 382 valence electrons. The Labute approximate surface area is 397 Å². The van der Waals surface area contributed by atoms with Crippen LogP contribution in [0, 0.1) is 0 Å². The molecule has 9 nitrogen and oxygen atoms in total. The van der Waals surface area contributed by atoms with Crippen LogP contribution in [0.2, 0.25) is 0 Å². The molecule has 0 aromatic rings. The number of rotatable bonds is 54. The minimum Gasteiger partial charge on any atom is -0.462 e. The molecule has 0 aromatic carbocycles. The van der Waals surface area contributed by atoms with E-state index >= 15 is 0 Å². The van der Waals surface area contributed by atoms with Crippen molar-refractivity contribution in [2.45, 2.75) is 309 Å². The number of ether oxygens (including phenoxy) is 2. The zero-order valence-corrected chi connectivity index (χ0v) is 43.4. The van der Waals surface area contributed by atoms with Crippen LogP contribution in [-0.4, -0.2) is 49.3 Å². The molecule has 2 atom stereocenters. The minimum absolute atomic E-state index is 0.0584. The van der Waals surface area contributed by atoms with Gasteiger partial charge in [-0.15, -0.1) is 0 Å². The largest absolute Gasteiger partial charge is 0.472 e. The summed E-state index contributed by atoms with van der Waals surface area (Å²) in [7, 11) is -4.37. The van der Waals surface area contributed by atoms with Gasteiger partial charge in [-0.05, 0) is 12.8 Å². The Bertz CT molecular complexity index is 1020. The van der Waals surface area contributed by atoms with Gasteiger partial charge < -0.3 is 20.1 Å². The van der Waals surface area contributed by atoms with Crippen molar-refractivity contribution in [3.05, 3.63) is 0 Å². The molecule has 0 aliphatic carbocycles. The average molecular weight is 930 g/mol. The number of nitrogens with two attached hydrogens (primary N) is 1. The van der Waals surface area contributed by atoms with E-state index in [9.17, 15) is 19.0 Å². The number of hydrogen-bond donors (Lipinski definition) is 2. The normalized spacial score (nSPS) is 13.0. The molecule has 0 bridgehead atoms. The second-order valence-electron chi connectivity index (χ2n) is 19.2. The van der Waals surface area contributed by atoms with Gasteiger partial charge in [0.25, 0.3) is 0 Å². The van der Waals surface area contributed by atoms with Gasteiger partial charge in [-0.3, -0.25) is 18.6 Å². The molecule has 0 spiro atoms. The molecule has 0 aromatic heterocycles. The topological polar surface area (TPSA) is 134 Å². The van der Waals surface area contributed by atoms with Crippen molar-refractivity contribution in [2.75, 3.05) is 26.4 Å². The maximum Gasteiger partial charge on any atom is 0.472 e. The van der Waals surface area contributed by atoms with Crippen LogP contribution in [0.15, 0.2) is 0 Å². The van der Waals surface area contributed by atoms with Crippen molar-refractivity contribution in [3.8, 4) is 0 Å². The van der Waals surface area contributed by atoms with Crippen molar-refractivity contribution in [1.29, 1.82) is 0 Å². The predicted octanol–water partition coefficient (Wildman–Crippen LogP) is 17.1. The predicted molar refractivity (Wildman–Crippen MR) is 271 cm³/mol. The van der Waals surface area contributed by atoms with Crippen molar-refractivity contribution in [1.82, 2.24) is 0 Å². The zero-order chi connectivity index (χ0) is 46.7. The van der Waals surface area contributed by atoms with Crippen molar-refractivity contribution in [2.24, 2.45) is 5.73 Å². The Morgan fingerprint density at radius 3 is 0.953 bits per heavy atom. The van der Waals surface area contributed by atoms with E-state index in [0.717, 1.165) is 32.1 Å². The molecule has 0 rings (SSSR count). The average Bonchev–Trinajstić information content (AvgIpc) is 3.28. The standard InChI is InChI=1S/C54H108NO8P/c1-3-5-7-9-11-13-15-17-19-20-21-22-23-24-25-26-27-28-29-30-31-32-33-35-37-39-41-43-45-47-54(57)63-52(51-62-64(58,59)61-49-48-55)50-60-53(56)46-44-42-40-38-36-34-18-16-14-12-10-8-6-4-2/h52H,3-51,55H2,1-2H3,(H,58,59). The first-order chi connectivity index (χ1) is 31.3. The summed E-state index contributed by atoms with van der Waals surface area (Å²) in [6, 6.07) is 0. The number of carbonyl (C=O) groups is 2. The van der Waals surface area contributed by atoms with Gasteiger partial charge in [0, 0.05) is 19.4 Å².